The van der Waals surface area contributed by atoms with E-state index < -0.39 is 0 Å². The van der Waals surface area contributed by atoms with E-state index in [1.165, 1.54) is 15.8 Å². The van der Waals surface area contributed by atoms with Crippen LogP contribution < -0.4 is 10.9 Å². The summed E-state index contributed by atoms with van der Waals surface area (Å²) in [6, 6.07) is 16.8. The topological polar surface area (TPSA) is 0 Å². The summed E-state index contributed by atoms with van der Waals surface area (Å²) in [5.41, 5.74) is 2.50. The van der Waals surface area contributed by atoms with Crippen molar-refractivity contribution in [2.75, 3.05) is 5.75 Å². The highest BCUT2D eigenvalue weighted by molar-refractivity contribution is 7.99. The SMILES string of the molecule is CCSc1ccc(B(C)c2ccccc2Cl)cc1. The zero-order valence-electron chi connectivity index (χ0n) is 10.7. The van der Waals surface area contributed by atoms with E-state index in [2.05, 4.69) is 44.1 Å². The Hall–Kier alpha value is -0.855. The van der Waals surface area contributed by atoms with Gasteiger partial charge in [-0.1, -0.05) is 66.6 Å². The van der Waals surface area contributed by atoms with Crippen LogP contribution in [0.3, 0.4) is 0 Å². The maximum atomic E-state index is 6.25. The fraction of sp³-hybridized carbons (Fsp3) is 0.200. The molecule has 0 aliphatic rings. The van der Waals surface area contributed by atoms with Crippen LogP contribution in [-0.4, -0.2) is 12.5 Å². The molecule has 0 saturated carbocycles. The van der Waals surface area contributed by atoms with E-state index in [-0.39, 0.29) is 0 Å². The minimum atomic E-state index is 0.333. The lowest BCUT2D eigenvalue weighted by Gasteiger charge is -2.11. The fourth-order valence-electron chi connectivity index (χ4n) is 2.03. The highest BCUT2D eigenvalue weighted by Crippen LogP contribution is 2.15. The highest BCUT2D eigenvalue weighted by Gasteiger charge is 2.15. The highest BCUT2D eigenvalue weighted by atomic mass is 35.5. The monoisotopic (exact) mass is 274 g/mol. The average molecular weight is 275 g/mol. The van der Waals surface area contributed by atoms with Crippen molar-refractivity contribution in [1.29, 1.82) is 0 Å². The smallest absolute Gasteiger partial charge is 0.126 e. The minimum Gasteiger partial charge on any atom is -0.126 e. The normalized spacial score (nSPS) is 10.4. The van der Waals surface area contributed by atoms with Crippen LogP contribution in [0.2, 0.25) is 11.8 Å². The summed E-state index contributed by atoms with van der Waals surface area (Å²) in [6.07, 6.45) is 0. The Kier molecular flexibility index (Phi) is 4.79. The second kappa shape index (κ2) is 6.35. The first kappa shape index (κ1) is 13.6. The van der Waals surface area contributed by atoms with Crippen molar-refractivity contribution in [2.24, 2.45) is 0 Å². The van der Waals surface area contributed by atoms with Crippen molar-refractivity contribution in [2.45, 2.75) is 18.6 Å². The molecular formula is C15H16BClS. The van der Waals surface area contributed by atoms with Crippen LogP contribution in [0.25, 0.3) is 0 Å². The summed E-state index contributed by atoms with van der Waals surface area (Å²) in [5, 5.41) is 0.844. The third-order valence-electron chi connectivity index (χ3n) is 3.06. The molecule has 3 heteroatoms. The van der Waals surface area contributed by atoms with Crippen LogP contribution in [0, 0.1) is 0 Å². The Labute approximate surface area is 119 Å². The molecule has 0 spiro atoms. The van der Waals surface area contributed by atoms with Crippen molar-refractivity contribution in [3.63, 3.8) is 0 Å². The number of hydrogen-bond donors (Lipinski definition) is 0. The molecule has 0 aliphatic carbocycles. The van der Waals surface area contributed by atoms with Gasteiger partial charge >= 0.3 is 0 Å². The lowest BCUT2D eigenvalue weighted by atomic mass is 9.42. The van der Waals surface area contributed by atoms with Gasteiger partial charge in [0.1, 0.15) is 0 Å². The van der Waals surface area contributed by atoms with Crippen LogP contribution >= 0.6 is 23.4 Å². The molecule has 0 heterocycles. The lowest BCUT2D eigenvalue weighted by molar-refractivity contribution is 1.44. The third kappa shape index (κ3) is 3.12. The van der Waals surface area contributed by atoms with Crippen LogP contribution in [0.4, 0.5) is 0 Å². The summed E-state index contributed by atoms with van der Waals surface area (Å²) >= 11 is 8.11. The molecule has 18 heavy (non-hydrogen) atoms. The molecule has 2 rings (SSSR count). The summed E-state index contributed by atoms with van der Waals surface area (Å²) in [7, 11) is 0. The van der Waals surface area contributed by atoms with Gasteiger partial charge in [0.05, 0.1) is 0 Å². The Morgan fingerprint density at radius 3 is 2.33 bits per heavy atom. The van der Waals surface area contributed by atoms with E-state index in [0.29, 0.717) is 6.71 Å². The number of hydrogen-bond acceptors (Lipinski definition) is 1. The number of rotatable bonds is 4. The van der Waals surface area contributed by atoms with Gasteiger partial charge in [0, 0.05) is 9.92 Å². The van der Waals surface area contributed by atoms with E-state index in [4.69, 9.17) is 11.6 Å². The van der Waals surface area contributed by atoms with Gasteiger partial charge < -0.3 is 0 Å². The van der Waals surface area contributed by atoms with Crippen LogP contribution in [0.5, 0.6) is 0 Å². The molecule has 0 radical (unpaired) electrons. The summed E-state index contributed by atoms with van der Waals surface area (Å²) in [6.45, 7) is 4.70. The van der Waals surface area contributed by atoms with Crippen molar-refractivity contribution in [3.8, 4) is 0 Å². The average Bonchev–Trinajstić information content (AvgIpc) is 2.40. The number of thioether (sulfide) groups is 1. The van der Waals surface area contributed by atoms with Gasteiger partial charge in [0.25, 0.3) is 0 Å². The predicted octanol–water partition coefficient (Wildman–Crippen LogP) is 3.69. The van der Waals surface area contributed by atoms with Gasteiger partial charge in [-0.3, -0.25) is 0 Å². The maximum absolute atomic E-state index is 6.25. The molecule has 0 aromatic heterocycles. The first-order valence-corrected chi connectivity index (χ1v) is 7.56. The molecule has 0 bridgehead atoms. The first-order valence-electron chi connectivity index (χ1n) is 6.19. The van der Waals surface area contributed by atoms with Gasteiger partial charge in [0.2, 0.25) is 6.71 Å². The molecule has 0 aliphatic heterocycles. The molecular weight excluding hydrogens is 258 g/mol. The largest absolute Gasteiger partial charge is 0.208 e. The molecule has 0 atom stereocenters. The maximum Gasteiger partial charge on any atom is 0.208 e. The third-order valence-corrected chi connectivity index (χ3v) is 4.30. The summed E-state index contributed by atoms with van der Waals surface area (Å²) < 4.78 is 0. The van der Waals surface area contributed by atoms with Gasteiger partial charge in [-0.2, -0.15) is 0 Å². The van der Waals surface area contributed by atoms with Crippen molar-refractivity contribution < 1.29 is 0 Å². The summed E-state index contributed by atoms with van der Waals surface area (Å²) in [4.78, 5) is 1.33. The Balaban J connectivity index is 2.23. The van der Waals surface area contributed by atoms with E-state index in [1.807, 2.05) is 30.0 Å². The Morgan fingerprint density at radius 1 is 1.06 bits per heavy atom. The molecule has 0 fully saturated rings. The van der Waals surface area contributed by atoms with Crippen molar-refractivity contribution in [3.05, 3.63) is 53.6 Å². The van der Waals surface area contributed by atoms with E-state index in [0.717, 1.165) is 10.8 Å². The number of halogens is 1. The van der Waals surface area contributed by atoms with E-state index in [1.54, 1.807) is 0 Å². The van der Waals surface area contributed by atoms with E-state index >= 15 is 0 Å². The predicted molar refractivity (Wildman–Crippen MR) is 85.2 cm³/mol. The molecule has 2 aromatic carbocycles. The Morgan fingerprint density at radius 2 is 1.72 bits per heavy atom. The van der Waals surface area contributed by atoms with Gasteiger partial charge in [-0.05, 0) is 24.0 Å². The molecule has 0 unspecified atom stereocenters. The second-order valence-corrected chi connectivity index (χ2v) is 5.99. The van der Waals surface area contributed by atoms with Crippen LogP contribution in [0.15, 0.2) is 53.4 Å². The van der Waals surface area contributed by atoms with Gasteiger partial charge in [-0.15, -0.1) is 11.8 Å². The molecule has 0 N–H and O–H groups in total. The molecule has 0 amide bonds. The molecule has 0 nitrogen and oxygen atoms in total. The minimum absolute atomic E-state index is 0.333. The first-order chi connectivity index (χ1) is 8.72. The van der Waals surface area contributed by atoms with E-state index in [9.17, 15) is 0 Å². The Bertz CT molecular complexity index is 510. The zero-order valence-corrected chi connectivity index (χ0v) is 12.3. The standard InChI is InChI=1S/C15H16BClS/c1-3-18-13-10-8-12(9-11-13)16(2)14-6-4-5-7-15(14)17/h4-11H,3H2,1-2H3. The van der Waals surface area contributed by atoms with Crippen LogP contribution in [0.1, 0.15) is 6.92 Å². The quantitative estimate of drug-likeness (QED) is 0.605. The fourth-order valence-corrected chi connectivity index (χ4v) is 2.99. The molecule has 92 valence electrons. The van der Waals surface area contributed by atoms with Crippen molar-refractivity contribution in [1.82, 2.24) is 0 Å². The van der Waals surface area contributed by atoms with Gasteiger partial charge in [0.15, 0.2) is 0 Å². The van der Waals surface area contributed by atoms with Crippen molar-refractivity contribution >= 4 is 41.0 Å². The lowest BCUT2D eigenvalue weighted by Crippen LogP contribution is -2.39. The van der Waals surface area contributed by atoms with Crippen LogP contribution in [-0.2, 0) is 0 Å². The summed E-state index contributed by atoms with van der Waals surface area (Å²) in [5.74, 6) is 1.11. The van der Waals surface area contributed by atoms with Gasteiger partial charge in [-0.25, -0.2) is 0 Å². The molecule has 0 saturated heterocycles. The zero-order chi connectivity index (χ0) is 13.0. The number of benzene rings is 2. The molecule has 2 aromatic rings. The second-order valence-electron chi connectivity index (χ2n) is 4.25.